The fraction of sp³-hybridized carbons (Fsp3) is 0.278. The van der Waals surface area contributed by atoms with Crippen LogP contribution in [0.5, 0.6) is 11.5 Å². The molecule has 0 aliphatic heterocycles. The third-order valence-corrected chi connectivity index (χ3v) is 6.17. The summed E-state index contributed by atoms with van der Waals surface area (Å²) in [5, 5.41) is 3.07. The number of nitrogens with one attached hydrogen (secondary N) is 1. The predicted molar refractivity (Wildman–Crippen MR) is 110 cm³/mol. The first-order valence-corrected chi connectivity index (χ1v) is 10.8. The van der Waals surface area contributed by atoms with Crippen molar-refractivity contribution in [1.82, 2.24) is 9.62 Å². The quantitative estimate of drug-likeness (QED) is 0.545. The fourth-order valence-electron chi connectivity index (χ4n) is 2.06. The van der Waals surface area contributed by atoms with Crippen LogP contribution >= 0.6 is 27.5 Å². The van der Waals surface area contributed by atoms with E-state index in [2.05, 4.69) is 21.2 Å². The van der Waals surface area contributed by atoms with Crippen LogP contribution in [0.25, 0.3) is 0 Å². The van der Waals surface area contributed by atoms with Crippen LogP contribution in [0.2, 0.25) is 5.02 Å². The molecule has 0 aromatic heterocycles. The molecule has 0 saturated heterocycles. The van der Waals surface area contributed by atoms with Gasteiger partial charge in [0, 0.05) is 18.6 Å². The second-order valence-electron chi connectivity index (χ2n) is 5.82. The monoisotopic (exact) mass is 490 g/mol. The highest BCUT2D eigenvalue weighted by atomic mass is 79.9. The fourth-order valence-corrected chi connectivity index (χ4v) is 3.69. The molecule has 2 aromatic carbocycles. The molecular weight excluding hydrogens is 472 g/mol. The van der Waals surface area contributed by atoms with Crippen molar-refractivity contribution >= 4 is 43.5 Å². The molecule has 1 N–H and O–H groups in total. The van der Waals surface area contributed by atoms with Gasteiger partial charge in [-0.1, -0.05) is 27.5 Å². The van der Waals surface area contributed by atoms with Gasteiger partial charge in [0.05, 0.1) is 16.5 Å². The summed E-state index contributed by atoms with van der Waals surface area (Å²) in [6.45, 7) is 0.330. The van der Waals surface area contributed by atoms with Crippen molar-refractivity contribution in [3.63, 3.8) is 0 Å². The molecule has 7 nitrogen and oxygen atoms in total. The lowest BCUT2D eigenvalue weighted by Gasteiger charge is -2.12. The number of rotatable bonds is 9. The molecule has 2 aromatic rings. The topological polar surface area (TPSA) is 84.9 Å². The zero-order valence-corrected chi connectivity index (χ0v) is 18.5. The molecule has 0 spiro atoms. The molecule has 1 amide bonds. The van der Waals surface area contributed by atoms with Gasteiger partial charge in [-0.25, -0.2) is 12.7 Å². The molecule has 0 heterocycles. The molecule has 0 aliphatic carbocycles. The molecule has 0 atom stereocenters. The summed E-state index contributed by atoms with van der Waals surface area (Å²) < 4.78 is 36.8. The first-order valence-electron chi connectivity index (χ1n) is 8.20. The highest BCUT2D eigenvalue weighted by molar-refractivity contribution is 9.10. The Morgan fingerprint density at radius 2 is 1.82 bits per heavy atom. The summed E-state index contributed by atoms with van der Waals surface area (Å²) in [4.78, 5) is 12.0. The molecule has 0 radical (unpaired) electrons. The molecule has 10 heteroatoms. The number of benzene rings is 2. The van der Waals surface area contributed by atoms with Crippen LogP contribution in [-0.4, -0.2) is 52.5 Å². The van der Waals surface area contributed by atoms with E-state index in [0.717, 1.165) is 8.78 Å². The molecular formula is C18H20BrClN2O5S. The normalized spacial score (nSPS) is 11.3. The van der Waals surface area contributed by atoms with Crippen LogP contribution in [0.1, 0.15) is 0 Å². The lowest BCUT2D eigenvalue weighted by molar-refractivity contribution is -0.123. The number of hydrogen-bond donors (Lipinski definition) is 1. The Bertz CT molecular complexity index is 920. The van der Waals surface area contributed by atoms with Gasteiger partial charge in [0.15, 0.2) is 6.61 Å². The Kier molecular flexibility index (Phi) is 8.11. The van der Waals surface area contributed by atoms with E-state index in [1.165, 1.54) is 26.2 Å². The van der Waals surface area contributed by atoms with Gasteiger partial charge >= 0.3 is 0 Å². The van der Waals surface area contributed by atoms with E-state index in [1.807, 2.05) is 0 Å². The van der Waals surface area contributed by atoms with Crippen molar-refractivity contribution in [2.75, 3.05) is 33.9 Å². The van der Waals surface area contributed by atoms with Gasteiger partial charge < -0.3 is 14.8 Å². The number of amides is 1. The van der Waals surface area contributed by atoms with Crippen molar-refractivity contribution in [1.29, 1.82) is 0 Å². The zero-order valence-electron chi connectivity index (χ0n) is 15.3. The van der Waals surface area contributed by atoms with Gasteiger partial charge in [-0.05, 0) is 42.5 Å². The van der Waals surface area contributed by atoms with Gasteiger partial charge in [0.25, 0.3) is 5.91 Å². The third kappa shape index (κ3) is 6.37. The van der Waals surface area contributed by atoms with Crippen LogP contribution in [0.3, 0.4) is 0 Å². The Labute approximate surface area is 177 Å². The van der Waals surface area contributed by atoms with Gasteiger partial charge in [-0.15, -0.1) is 0 Å². The number of ether oxygens (including phenoxy) is 2. The highest BCUT2D eigenvalue weighted by Crippen LogP contribution is 2.27. The van der Waals surface area contributed by atoms with E-state index >= 15 is 0 Å². The molecule has 0 aliphatic rings. The van der Waals surface area contributed by atoms with Crippen LogP contribution in [-0.2, 0) is 14.8 Å². The van der Waals surface area contributed by atoms with Crippen molar-refractivity contribution in [2.45, 2.75) is 4.90 Å². The molecule has 0 bridgehead atoms. The van der Waals surface area contributed by atoms with Crippen molar-refractivity contribution in [3.8, 4) is 11.5 Å². The largest absolute Gasteiger partial charge is 0.492 e. The summed E-state index contributed by atoms with van der Waals surface area (Å²) in [5.41, 5.74) is 0. The minimum atomic E-state index is -3.47. The first kappa shape index (κ1) is 22.5. The number of sulfonamides is 1. The number of halogens is 2. The SMILES string of the molecule is CN(C)S(=O)(=O)c1ccc(OCCNC(=O)COc2ccc(Br)cc2Cl)cc1. The molecule has 2 rings (SSSR count). The molecule has 152 valence electrons. The molecule has 0 fully saturated rings. The number of carbonyl (C=O) groups excluding carboxylic acids is 1. The maximum Gasteiger partial charge on any atom is 0.258 e. The maximum atomic E-state index is 12.0. The average Bonchev–Trinajstić information content (AvgIpc) is 2.65. The molecule has 0 unspecified atom stereocenters. The lowest BCUT2D eigenvalue weighted by Crippen LogP contribution is -2.32. The van der Waals surface area contributed by atoms with Gasteiger partial charge in [0.2, 0.25) is 10.0 Å². The van der Waals surface area contributed by atoms with E-state index in [1.54, 1.807) is 30.3 Å². The number of nitrogens with zero attached hydrogens (tertiary/aromatic N) is 1. The van der Waals surface area contributed by atoms with Crippen LogP contribution < -0.4 is 14.8 Å². The summed E-state index contributed by atoms with van der Waals surface area (Å²) in [6, 6.07) is 11.2. The summed E-state index contributed by atoms with van der Waals surface area (Å²) >= 11 is 9.31. The zero-order chi connectivity index (χ0) is 20.7. The molecule has 28 heavy (non-hydrogen) atoms. The van der Waals surface area contributed by atoms with Gasteiger partial charge in [0.1, 0.15) is 18.1 Å². The standard InChI is InChI=1S/C18H20BrClN2O5S/c1-22(2)28(24,25)15-6-4-14(5-7-15)26-10-9-21-18(23)12-27-17-8-3-13(19)11-16(17)20/h3-8,11H,9-10,12H2,1-2H3,(H,21,23). The van der Waals surface area contributed by atoms with Crippen LogP contribution in [0.4, 0.5) is 0 Å². The number of carbonyl (C=O) groups is 1. The Morgan fingerprint density at radius 3 is 2.43 bits per heavy atom. The van der Waals surface area contributed by atoms with E-state index in [0.29, 0.717) is 16.5 Å². The summed E-state index contributed by atoms with van der Waals surface area (Å²) in [7, 11) is -0.532. The van der Waals surface area contributed by atoms with Crippen LogP contribution in [0, 0.1) is 0 Å². The average molecular weight is 492 g/mol. The highest BCUT2D eigenvalue weighted by Gasteiger charge is 2.16. The van der Waals surface area contributed by atoms with E-state index in [9.17, 15) is 13.2 Å². The second-order valence-corrected chi connectivity index (χ2v) is 9.30. The predicted octanol–water partition coefficient (Wildman–Crippen LogP) is 2.93. The minimum Gasteiger partial charge on any atom is -0.492 e. The number of hydrogen-bond acceptors (Lipinski definition) is 5. The Hall–Kier alpha value is -1.81. The maximum absolute atomic E-state index is 12.0. The third-order valence-electron chi connectivity index (χ3n) is 3.55. The van der Waals surface area contributed by atoms with Gasteiger partial charge in [-0.2, -0.15) is 0 Å². The summed E-state index contributed by atoms with van der Waals surface area (Å²) in [5.74, 6) is 0.615. The van der Waals surface area contributed by atoms with Crippen molar-refractivity contribution in [2.24, 2.45) is 0 Å². The minimum absolute atomic E-state index is 0.168. The van der Waals surface area contributed by atoms with Gasteiger partial charge in [-0.3, -0.25) is 4.79 Å². The van der Waals surface area contributed by atoms with E-state index in [4.69, 9.17) is 21.1 Å². The molecule has 0 saturated carbocycles. The van der Waals surface area contributed by atoms with E-state index in [-0.39, 0.29) is 30.6 Å². The van der Waals surface area contributed by atoms with Crippen molar-refractivity contribution in [3.05, 3.63) is 52.0 Å². The van der Waals surface area contributed by atoms with E-state index < -0.39 is 10.0 Å². The summed E-state index contributed by atoms with van der Waals surface area (Å²) in [6.07, 6.45) is 0. The smallest absolute Gasteiger partial charge is 0.258 e. The van der Waals surface area contributed by atoms with Crippen LogP contribution in [0.15, 0.2) is 51.8 Å². The lowest BCUT2D eigenvalue weighted by atomic mass is 10.3. The van der Waals surface area contributed by atoms with Crippen molar-refractivity contribution < 1.29 is 22.7 Å². The Balaban J connectivity index is 1.73. The second kappa shape index (κ2) is 10.1. The first-order chi connectivity index (χ1) is 13.2. The Morgan fingerprint density at radius 1 is 1.14 bits per heavy atom.